The first-order valence-electron chi connectivity index (χ1n) is 7.01. The third-order valence-corrected chi connectivity index (χ3v) is 3.37. The lowest BCUT2D eigenvalue weighted by Crippen LogP contribution is -2.42. The second-order valence-corrected chi connectivity index (χ2v) is 5.46. The maximum Gasteiger partial charge on any atom is 0.309 e. The molecule has 0 unspecified atom stereocenters. The van der Waals surface area contributed by atoms with Gasteiger partial charge in [-0.25, -0.2) is 0 Å². The summed E-state index contributed by atoms with van der Waals surface area (Å²) in [4.78, 5) is 25.0. The largest absolute Gasteiger partial charge is 0.387 e. The molecule has 1 aliphatic carbocycles. The Morgan fingerprint density at radius 3 is 2.38 bits per heavy atom. The smallest absolute Gasteiger partial charge is 0.309 e. The zero-order valence-corrected chi connectivity index (χ0v) is 12.3. The highest BCUT2D eigenvalue weighted by molar-refractivity contribution is 6.35. The zero-order chi connectivity index (χ0) is 15.4. The third-order valence-electron chi connectivity index (χ3n) is 3.37. The van der Waals surface area contributed by atoms with Gasteiger partial charge in [0.05, 0.1) is 6.10 Å². The molecule has 1 saturated carbocycles. The van der Waals surface area contributed by atoms with Gasteiger partial charge in [-0.05, 0) is 30.5 Å². The van der Waals surface area contributed by atoms with E-state index in [1.165, 1.54) is 0 Å². The molecule has 21 heavy (non-hydrogen) atoms. The molecule has 114 valence electrons. The normalized spacial score (nSPS) is 15.2. The molecule has 0 aromatic heterocycles. The average molecular weight is 291 g/mol. The van der Waals surface area contributed by atoms with E-state index in [1.807, 2.05) is 31.1 Å². The van der Waals surface area contributed by atoms with Gasteiger partial charge in [0, 0.05) is 32.4 Å². The number of nitrogens with one attached hydrogen (secondary N) is 2. The molecule has 0 heterocycles. The summed E-state index contributed by atoms with van der Waals surface area (Å²) >= 11 is 0. The van der Waals surface area contributed by atoms with Crippen LogP contribution in [0.5, 0.6) is 0 Å². The Kier molecular flexibility index (Phi) is 4.80. The summed E-state index contributed by atoms with van der Waals surface area (Å²) in [6, 6.07) is 7.53. The summed E-state index contributed by atoms with van der Waals surface area (Å²) in [6.45, 7) is 0.0121. The van der Waals surface area contributed by atoms with Gasteiger partial charge in [-0.15, -0.1) is 0 Å². The van der Waals surface area contributed by atoms with E-state index in [9.17, 15) is 14.7 Å². The van der Waals surface area contributed by atoms with Crippen molar-refractivity contribution in [3.63, 3.8) is 0 Å². The number of aliphatic hydroxyl groups excluding tert-OH is 1. The minimum Gasteiger partial charge on any atom is -0.387 e. The Labute approximate surface area is 124 Å². The van der Waals surface area contributed by atoms with E-state index in [2.05, 4.69) is 10.6 Å². The highest BCUT2D eigenvalue weighted by Gasteiger charge is 2.26. The molecule has 1 aliphatic rings. The molecule has 3 N–H and O–H groups in total. The number of carbonyl (C=O) groups is 2. The van der Waals surface area contributed by atoms with E-state index < -0.39 is 17.9 Å². The second kappa shape index (κ2) is 6.58. The van der Waals surface area contributed by atoms with Crippen LogP contribution in [0.1, 0.15) is 24.5 Å². The van der Waals surface area contributed by atoms with Crippen molar-refractivity contribution in [2.24, 2.45) is 0 Å². The Balaban J connectivity index is 1.81. The molecular formula is C15H21N3O3. The molecule has 0 bridgehead atoms. The molecule has 0 aliphatic heterocycles. The fourth-order valence-electron chi connectivity index (χ4n) is 1.86. The number of nitrogens with zero attached hydrogens (tertiary/aromatic N) is 1. The van der Waals surface area contributed by atoms with Gasteiger partial charge < -0.3 is 20.6 Å². The lowest BCUT2D eigenvalue weighted by molar-refractivity contribution is -0.139. The van der Waals surface area contributed by atoms with Crippen molar-refractivity contribution in [1.29, 1.82) is 0 Å². The molecule has 0 spiro atoms. The van der Waals surface area contributed by atoms with Gasteiger partial charge in [0.2, 0.25) is 0 Å². The predicted molar refractivity (Wildman–Crippen MR) is 79.9 cm³/mol. The number of aliphatic hydroxyl groups is 1. The van der Waals surface area contributed by atoms with Crippen molar-refractivity contribution in [3.05, 3.63) is 29.8 Å². The van der Waals surface area contributed by atoms with Crippen molar-refractivity contribution < 1.29 is 14.7 Å². The van der Waals surface area contributed by atoms with E-state index in [0.717, 1.165) is 18.5 Å². The van der Waals surface area contributed by atoms with Gasteiger partial charge in [0.1, 0.15) is 0 Å². The third kappa shape index (κ3) is 4.46. The standard InChI is InChI=1S/C15H21N3O3/c1-18(2)12-7-3-10(4-8-12)13(19)9-16-14(20)15(21)17-11-5-6-11/h3-4,7-8,11,13,19H,5-6,9H2,1-2H3,(H,16,20)(H,17,21)/t13-/m0/s1. The van der Waals surface area contributed by atoms with Crippen LogP contribution in [-0.2, 0) is 9.59 Å². The van der Waals surface area contributed by atoms with E-state index in [0.29, 0.717) is 5.56 Å². The zero-order valence-electron chi connectivity index (χ0n) is 12.3. The molecule has 6 nitrogen and oxygen atoms in total. The van der Waals surface area contributed by atoms with Crippen LogP contribution in [0.4, 0.5) is 5.69 Å². The van der Waals surface area contributed by atoms with Crippen molar-refractivity contribution in [2.45, 2.75) is 25.0 Å². The van der Waals surface area contributed by atoms with Gasteiger partial charge in [-0.3, -0.25) is 9.59 Å². The Bertz CT molecular complexity index is 509. The molecule has 6 heteroatoms. The van der Waals surface area contributed by atoms with Crippen molar-refractivity contribution >= 4 is 17.5 Å². The van der Waals surface area contributed by atoms with Crippen molar-refractivity contribution in [3.8, 4) is 0 Å². The van der Waals surface area contributed by atoms with E-state index in [4.69, 9.17) is 0 Å². The first-order valence-corrected chi connectivity index (χ1v) is 7.01. The molecule has 1 aromatic carbocycles. The maximum absolute atomic E-state index is 11.5. The highest BCUT2D eigenvalue weighted by Crippen LogP contribution is 2.18. The van der Waals surface area contributed by atoms with Crippen molar-refractivity contribution in [2.75, 3.05) is 25.5 Å². The topological polar surface area (TPSA) is 81.7 Å². The van der Waals surface area contributed by atoms with Gasteiger partial charge in [-0.2, -0.15) is 0 Å². The quantitative estimate of drug-likeness (QED) is 0.676. The van der Waals surface area contributed by atoms with Crippen LogP contribution >= 0.6 is 0 Å². The van der Waals surface area contributed by atoms with Crippen molar-refractivity contribution in [1.82, 2.24) is 10.6 Å². The van der Waals surface area contributed by atoms with Crippen LogP contribution in [0.25, 0.3) is 0 Å². The van der Waals surface area contributed by atoms with Crippen LogP contribution in [-0.4, -0.2) is 43.6 Å². The monoisotopic (exact) mass is 291 g/mol. The van der Waals surface area contributed by atoms with Crippen LogP contribution in [0, 0.1) is 0 Å². The molecule has 0 radical (unpaired) electrons. The lowest BCUT2D eigenvalue weighted by Gasteiger charge is -2.15. The summed E-state index contributed by atoms with van der Waals surface area (Å²) in [7, 11) is 3.87. The SMILES string of the molecule is CN(C)c1ccc([C@@H](O)CNC(=O)C(=O)NC2CC2)cc1. The molecule has 2 rings (SSSR count). The van der Waals surface area contributed by atoms with Gasteiger partial charge in [0.25, 0.3) is 0 Å². The number of hydrogen-bond acceptors (Lipinski definition) is 4. The minimum absolute atomic E-state index is 0.0121. The van der Waals surface area contributed by atoms with E-state index in [1.54, 1.807) is 12.1 Å². The molecule has 1 aromatic rings. The summed E-state index contributed by atoms with van der Waals surface area (Å²) in [5.74, 6) is -1.33. The average Bonchev–Trinajstić information content (AvgIpc) is 3.28. The number of anilines is 1. The molecule has 0 saturated heterocycles. The van der Waals surface area contributed by atoms with Crippen LogP contribution in [0.15, 0.2) is 24.3 Å². The summed E-state index contributed by atoms with van der Waals surface area (Å²) in [5, 5.41) is 15.1. The number of rotatable bonds is 5. The number of hydrogen-bond donors (Lipinski definition) is 3. The first kappa shape index (κ1) is 15.3. The first-order chi connectivity index (χ1) is 9.97. The van der Waals surface area contributed by atoms with E-state index in [-0.39, 0.29) is 12.6 Å². The van der Waals surface area contributed by atoms with Crippen LogP contribution < -0.4 is 15.5 Å². The Morgan fingerprint density at radius 2 is 1.86 bits per heavy atom. The fourth-order valence-corrected chi connectivity index (χ4v) is 1.86. The molecule has 2 amide bonds. The van der Waals surface area contributed by atoms with Gasteiger partial charge in [-0.1, -0.05) is 12.1 Å². The second-order valence-electron chi connectivity index (χ2n) is 5.46. The number of carbonyl (C=O) groups excluding carboxylic acids is 2. The minimum atomic E-state index is -0.834. The van der Waals surface area contributed by atoms with Crippen LogP contribution in [0.2, 0.25) is 0 Å². The lowest BCUT2D eigenvalue weighted by atomic mass is 10.1. The molecule has 1 fully saturated rings. The van der Waals surface area contributed by atoms with Gasteiger partial charge >= 0.3 is 11.8 Å². The van der Waals surface area contributed by atoms with Crippen LogP contribution in [0.3, 0.4) is 0 Å². The Hall–Kier alpha value is -2.08. The maximum atomic E-state index is 11.5. The summed E-state index contributed by atoms with van der Waals surface area (Å²) in [5.41, 5.74) is 1.72. The number of amides is 2. The van der Waals surface area contributed by atoms with E-state index >= 15 is 0 Å². The van der Waals surface area contributed by atoms with Gasteiger partial charge in [0.15, 0.2) is 0 Å². The predicted octanol–water partition coefficient (Wildman–Crippen LogP) is 0.181. The highest BCUT2D eigenvalue weighted by atomic mass is 16.3. The number of benzene rings is 1. The Morgan fingerprint density at radius 1 is 1.24 bits per heavy atom. The summed E-state index contributed by atoms with van der Waals surface area (Å²) < 4.78 is 0. The molecular weight excluding hydrogens is 270 g/mol. The fraction of sp³-hybridized carbons (Fsp3) is 0.467. The summed E-state index contributed by atoms with van der Waals surface area (Å²) in [6.07, 6.45) is 1.03. The molecule has 1 atom stereocenters.